The molecule has 94 valence electrons. The highest BCUT2D eigenvalue weighted by Crippen LogP contribution is 2.18. The third-order valence-electron chi connectivity index (χ3n) is 3.42. The van der Waals surface area contributed by atoms with E-state index in [0.717, 1.165) is 19.0 Å². The second kappa shape index (κ2) is 6.71. The van der Waals surface area contributed by atoms with Gasteiger partial charge in [-0.15, -0.1) is 0 Å². The van der Waals surface area contributed by atoms with Gasteiger partial charge in [-0.3, -0.25) is 4.90 Å². The summed E-state index contributed by atoms with van der Waals surface area (Å²) in [6.07, 6.45) is 2.72. The molecule has 0 saturated carbocycles. The third kappa shape index (κ3) is 4.23. The van der Waals surface area contributed by atoms with E-state index < -0.39 is 0 Å². The van der Waals surface area contributed by atoms with Crippen molar-refractivity contribution in [3.63, 3.8) is 0 Å². The Morgan fingerprint density at radius 1 is 1.35 bits per heavy atom. The Balaban J connectivity index is 1.87. The summed E-state index contributed by atoms with van der Waals surface area (Å²) in [5.74, 6) is 0.831. The minimum absolute atomic E-state index is 0.831. The van der Waals surface area contributed by atoms with Crippen molar-refractivity contribution in [1.29, 1.82) is 0 Å². The molecule has 1 aliphatic rings. The number of hydrogen-bond acceptors (Lipinski definition) is 2. The van der Waals surface area contributed by atoms with E-state index in [4.69, 9.17) is 0 Å². The van der Waals surface area contributed by atoms with Gasteiger partial charge in [0, 0.05) is 16.7 Å². The molecule has 2 nitrogen and oxygen atoms in total. The minimum Gasteiger partial charge on any atom is -0.319 e. The molecule has 17 heavy (non-hydrogen) atoms. The standard InChI is InChI=1S/C14H21IN2/c1-16-9-13-3-2-8-17(11-13)10-12-4-6-14(15)7-5-12/h4-7,13,16H,2-3,8-11H2,1H3. The van der Waals surface area contributed by atoms with E-state index in [-0.39, 0.29) is 0 Å². The second-order valence-corrected chi connectivity index (χ2v) is 6.17. The van der Waals surface area contributed by atoms with E-state index in [1.165, 1.54) is 35.1 Å². The van der Waals surface area contributed by atoms with Crippen molar-refractivity contribution in [3.8, 4) is 0 Å². The van der Waals surface area contributed by atoms with Crippen LogP contribution >= 0.6 is 22.6 Å². The highest BCUT2D eigenvalue weighted by molar-refractivity contribution is 14.1. The Kier molecular flexibility index (Phi) is 5.25. The molecule has 1 unspecified atom stereocenters. The number of piperidine rings is 1. The molecule has 0 aliphatic carbocycles. The highest BCUT2D eigenvalue weighted by atomic mass is 127. The van der Waals surface area contributed by atoms with Crippen molar-refractivity contribution in [2.45, 2.75) is 19.4 Å². The average Bonchev–Trinajstić information content (AvgIpc) is 2.33. The van der Waals surface area contributed by atoms with Crippen LogP contribution in [0.25, 0.3) is 0 Å². The van der Waals surface area contributed by atoms with Crippen molar-refractivity contribution < 1.29 is 0 Å². The monoisotopic (exact) mass is 344 g/mol. The van der Waals surface area contributed by atoms with Crippen LogP contribution in [0.5, 0.6) is 0 Å². The molecule has 3 heteroatoms. The Morgan fingerprint density at radius 2 is 2.12 bits per heavy atom. The zero-order chi connectivity index (χ0) is 12.1. The Hall–Kier alpha value is -0.130. The maximum Gasteiger partial charge on any atom is 0.0233 e. The number of nitrogens with one attached hydrogen (secondary N) is 1. The van der Waals surface area contributed by atoms with Gasteiger partial charge in [0.2, 0.25) is 0 Å². The van der Waals surface area contributed by atoms with Crippen LogP contribution in [0.4, 0.5) is 0 Å². The van der Waals surface area contributed by atoms with Gasteiger partial charge < -0.3 is 5.32 Å². The fourth-order valence-corrected chi connectivity index (χ4v) is 2.96. The maximum absolute atomic E-state index is 3.30. The highest BCUT2D eigenvalue weighted by Gasteiger charge is 2.18. The van der Waals surface area contributed by atoms with E-state index in [2.05, 4.69) is 64.1 Å². The van der Waals surface area contributed by atoms with E-state index in [9.17, 15) is 0 Å². The lowest BCUT2D eigenvalue weighted by Crippen LogP contribution is -2.38. The van der Waals surface area contributed by atoms with Crippen LogP contribution in [-0.2, 0) is 6.54 Å². The summed E-state index contributed by atoms with van der Waals surface area (Å²) >= 11 is 2.36. The minimum atomic E-state index is 0.831. The third-order valence-corrected chi connectivity index (χ3v) is 4.13. The van der Waals surface area contributed by atoms with Gasteiger partial charge in [-0.05, 0) is 79.2 Å². The molecule has 0 bridgehead atoms. The molecule has 0 radical (unpaired) electrons. The van der Waals surface area contributed by atoms with Gasteiger partial charge in [0.25, 0.3) is 0 Å². The summed E-state index contributed by atoms with van der Waals surface area (Å²) in [4.78, 5) is 2.59. The van der Waals surface area contributed by atoms with E-state index in [1.807, 2.05) is 0 Å². The normalized spacial score (nSPS) is 21.6. The van der Waals surface area contributed by atoms with Gasteiger partial charge in [0.15, 0.2) is 0 Å². The van der Waals surface area contributed by atoms with Crippen molar-refractivity contribution in [2.24, 2.45) is 5.92 Å². The predicted octanol–water partition coefficient (Wildman–Crippen LogP) is 2.72. The van der Waals surface area contributed by atoms with Crippen LogP contribution < -0.4 is 5.32 Å². The van der Waals surface area contributed by atoms with Gasteiger partial charge in [-0.25, -0.2) is 0 Å². The van der Waals surface area contributed by atoms with Crippen LogP contribution in [0, 0.1) is 9.49 Å². The van der Waals surface area contributed by atoms with Crippen LogP contribution in [0.3, 0.4) is 0 Å². The van der Waals surface area contributed by atoms with Crippen LogP contribution in [0.1, 0.15) is 18.4 Å². The molecular formula is C14H21IN2. The quantitative estimate of drug-likeness (QED) is 0.845. The molecule has 1 atom stereocenters. The smallest absolute Gasteiger partial charge is 0.0233 e. The Labute approximate surface area is 118 Å². The van der Waals surface area contributed by atoms with Gasteiger partial charge >= 0.3 is 0 Å². The summed E-state index contributed by atoms with van der Waals surface area (Å²) < 4.78 is 1.32. The Bertz CT molecular complexity index is 335. The van der Waals surface area contributed by atoms with Gasteiger partial charge in [-0.1, -0.05) is 12.1 Å². The second-order valence-electron chi connectivity index (χ2n) is 4.93. The molecule has 1 aliphatic heterocycles. The van der Waals surface area contributed by atoms with Crippen molar-refractivity contribution in [1.82, 2.24) is 10.2 Å². The fraction of sp³-hybridized carbons (Fsp3) is 0.571. The van der Waals surface area contributed by atoms with Gasteiger partial charge in [0.05, 0.1) is 0 Å². The first kappa shape index (κ1) is 13.3. The van der Waals surface area contributed by atoms with E-state index >= 15 is 0 Å². The zero-order valence-corrected chi connectivity index (χ0v) is 12.6. The number of nitrogens with zero attached hydrogens (tertiary/aromatic N) is 1. The molecule has 1 saturated heterocycles. The summed E-state index contributed by atoms with van der Waals surface area (Å²) in [6, 6.07) is 8.91. The first-order valence-corrected chi connectivity index (χ1v) is 7.47. The number of rotatable bonds is 4. The lowest BCUT2D eigenvalue weighted by molar-refractivity contribution is 0.167. The average molecular weight is 344 g/mol. The molecule has 1 heterocycles. The number of hydrogen-bond donors (Lipinski definition) is 1. The maximum atomic E-state index is 3.30. The summed E-state index contributed by atoms with van der Waals surface area (Å²) in [5, 5.41) is 3.30. The Morgan fingerprint density at radius 3 is 2.82 bits per heavy atom. The molecule has 1 N–H and O–H groups in total. The molecule has 1 fully saturated rings. The summed E-state index contributed by atoms with van der Waals surface area (Å²) in [6.45, 7) is 4.76. The molecule has 1 aromatic carbocycles. The summed E-state index contributed by atoms with van der Waals surface area (Å²) in [7, 11) is 2.05. The lowest BCUT2D eigenvalue weighted by atomic mass is 9.97. The van der Waals surface area contributed by atoms with Gasteiger partial charge in [-0.2, -0.15) is 0 Å². The molecule has 1 aromatic rings. The van der Waals surface area contributed by atoms with Crippen LogP contribution in [-0.4, -0.2) is 31.6 Å². The van der Waals surface area contributed by atoms with E-state index in [0.29, 0.717) is 0 Å². The number of halogens is 1. The topological polar surface area (TPSA) is 15.3 Å². The first-order valence-electron chi connectivity index (χ1n) is 6.39. The predicted molar refractivity (Wildman–Crippen MR) is 81.1 cm³/mol. The summed E-state index contributed by atoms with van der Waals surface area (Å²) in [5.41, 5.74) is 1.44. The fourth-order valence-electron chi connectivity index (χ4n) is 2.60. The molecule has 0 spiro atoms. The molecule has 0 aromatic heterocycles. The van der Waals surface area contributed by atoms with E-state index in [1.54, 1.807) is 0 Å². The van der Waals surface area contributed by atoms with Crippen LogP contribution in [0.15, 0.2) is 24.3 Å². The van der Waals surface area contributed by atoms with Crippen LogP contribution in [0.2, 0.25) is 0 Å². The molecular weight excluding hydrogens is 323 g/mol. The zero-order valence-electron chi connectivity index (χ0n) is 10.5. The lowest BCUT2D eigenvalue weighted by Gasteiger charge is -2.32. The van der Waals surface area contributed by atoms with Gasteiger partial charge in [0.1, 0.15) is 0 Å². The first-order chi connectivity index (χ1) is 8.28. The number of likely N-dealkylation sites (tertiary alicyclic amines) is 1. The SMILES string of the molecule is CNCC1CCCN(Cc2ccc(I)cc2)C1. The number of benzene rings is 1. The molecule has 2 rings (SSSR count). The van der Waals surface area contributed by atoms with Crippen molar-refractivity contribution >= 4 is 22.6 Å². The van der Waals surface area contributed by atoms with Crippen molar-refractivity contribution in [2.75, 3.05) is 26.7 Å². The van der Waals surface area contributed by atoms with Crippen molar-refractivity contribution in [3.05, 3.63) is 33.4 Å². The molecule has 0 amide bonds. The largest absolute Gasteiger partial charge is 0.319 e.